The van der Waals surface area contributed by atoms with Gasteiger partial charge in [0.15, 0.2) is 0 Å². The molecule has 0 atom stereocenters. The van der Waals surface area contributed by atoms with Gasteiger partial charge in [-0.15, -0.1) is 11.3 Å². The van der Waals surface area contributed by atoms with E-state index in [9.17, 15) is 4.79 Å². The van der Waals surface area contributed by atoms with Crippen molar-refractivity contribution < 1.29 is 9.90 Å². The Hall–Kier alpha value is -1.72. The molecule has 1 aromatic carbocycles. The van der Waals surface area contributed by atoms with Crippen molar-refractivity contribution in [2.24, 2.45) is 5.92 Å². The van der Waals surface area contributed by atoms with Gasteiger partial charge in [0.2, 0.25) is 0 Å². The number of carbonyl (C=O) groups is 1. The smallest absolute Gasteiger partial charge is 0.309 e. The Morgan fingerprint density at radius 1 is 1.37 bits per heavy atom. The third kappa shape index (κ3) is 2.67. The summed E-state index contributed by atoms with van der Waals surface area (Å²) in [5.41, 5.74) is 1.13. The predicted octanol–water partition coefficient (Wildman–Crippen LogP) is 2.33. The summed E-state index contributed by atoms with van der Waals surface area (Å²) in [7, 11) is 0. The zero-order valence-corrected chi connectivity index (χ0v) is 11.1. The molecule has 1 saturated heterocycles. The third-order valence-electron chi connectivity index (χ3n) is 3.26. The van der Waals surface area contributed by atoms with Crippen molar-refractivity contribution in [3.8, 4) is 10.6 Å². The van der Waals surface area contributed by atoms with E-state index in [1.54, 1.807) is 11.3 Å². The lowest BCUT2D eigenvalue weighted by Gasteiger charge is -2.36. The van der Waals surface area contributed by atoms with Crippen LogP contribution in [0.1, 0.15) is 4.88 Å². The molecular weight excluding hydrogens is 260 g/mol. The number of thiazole rings is 1. The second-order valence-electron chi connectivity index (χ2n) is 4.73. The standard InChI is InChI=1S/C14H14N2O2S/c17-14(18)11-7-16(8-11)9-12-6-15-13(19-12)10-4-2-1-3-5-10/h1-6,11H,7-9H2,(H,17,18). The largest absolute Gasteiger partial charge is 0.481 e. The number of carboxylic acids is 1. The van der Waals surface area contributed by atoms with E-state index >= 15 is 0 Å². The Morgan fingerprint density at radius 3 is 2.79 bits per heavy atom. The highest BCUT2D eigenvalue weighted by Crippen LogP contribution is 2.27. The van der Waals surface area contributed by atoms with Crippen LogP contribution < -0.4 is 0 Å². The molecular formula is C14H14N2O2S. The molecule has 2 aromatic rings. The Labute approximate surface area is 115 Å². The normalized spacial score (nSPS) is 16.2. The predicted molar refractivity (Wildman–Crippen MR) is 74.0 cm³/mol. The van der Waals surface area contributed by atoms with Crippen LogP contribution in [0.5, 0.6) is 0 Å². The summed E-state index contributed by atoms with van der Waals surface area (Å²) in [6.07, 6.45) is 1.89. The van der Waals surface area contributed by atoms with Crippen molar-refractivity contribution in [2.75, 3.05) is 13.1 Å². The number of benzene rings is 1. The highest BCUT2D eigenvalue weighted by atomic mass is 32.1. The molecule has 0 amide bonds. The fourth-order valence-corrected chi connectivity index (χ4v) is 3.13. The van der Waals surface area contributed by atoms with Crippen LogP contribution in [0.4, 0.5) is 0 Å². The molecule has 3 rings (SSSR count). The summed E-state index contributed by atoms with van der Waals surface area (Å²) >= 11 is 1.67. The van der Waals surface area contributed by atoms with Crippen LogP contribution in [0.15, 0.2) is 36.5 Å². The summed E-state index contributed by atoms with van der Waals surface area (Å²) in [4.78, 5) is 18.5. The van der Waals surface area contributed by atoms with Crippen molar-refractivity contribution in [1.82, 2.24) is 9.88 Å². The second-order valence-corrected chi connectivity index (χ2v) is 5.84. The number of nitrogens with zero attached hydrogens (tertiary/aromatic N) is 2. The number of likely N-dealkylation sites (tertiary alicyclic amines) is 1. The fraction of sp³-hybridized carbons (Fsp3) is 0.286. The van der Waals surface area contributed by atoms with Gasteiger partial charge in [-0.25, -0.2) is 4.98 Å². The fourth-order valence-electron chi connectivity index (χ4n) is 2.17. The molecule has 5 heteroatoms. The van der Waals surface area contributed by atoms with Crippen molar-refractivity contribution in [3.63, 3.8) is 0 Å². The summed E-state index contributed by atoms with van der Waals surface area (Å²) in [5.74, 6) is -0.882. The van der Waals surface area contributed by atoms with E-state index in [4.69, 9.17) is 5.11 Å². The van der Waals surface area contributed by atoms with E-state index in [0.717, 1.165) is 17.1 Å². The maximum atomic E-state index is 10.7. The van der Waals surface area contributed by atoms with Gasteiger partial charge in [0.1, 0.15) is 5.01 Å². The minimum atomic E-state index is -0.689. The Bertz CT molecular complexity index is 576. The first-order valence-electron chi connectivity index (χ1n) is 6.17. The van der Waals surface area contributed by atoms with Crippen molar-refractivity contribution in [2.45, 2.75) is 6.54 Å². The van der Waals surface area contributed by atoms with Crippen molar-refractivity contribution >= 4 is 17.3 Å². The second kappa shape index (κ2) is 5.11. The lowest BCUT2D eigenvalue weighted by atomic mass is 10.0. The zero-order chi connectivity index (χ0) is 13.2. The number of aromatic nitrogens is 1. The van der Waals surface area contributed by atoms with Gasteiger partial charge < -0.3 is 5.11 Å². The Morgan fingerprint density at radius 2 is 2.11 bits per heavy atom. The topological polar surface area (TPSA) is 53.4 Å². The lowest BCUT2D eigenvalue weighted by molar-refractivity contribution is -0.147. The summed E-state index contributed by atoms with van der Waals surface area (Å²) in [6, 6.07) is 10.1. The quantitative estimate of drug-likeness (QED) is 0.929. The molecule has 0 unspecified atom stereocenters. The first kappa shape index (κ1) is 12.3. The third-order valence-corrected chi connectivity index (χ3v) is 4.29. The molecule has 0 bridgehead atoms. The molecule has 0 spiro atoms. The lowest BCUT2D eigenvalue weighted by Crippen LogP contribution is -2.49. The van der Waals surface area contributed by atoms with Gasteiger partial charge in [0.05, 0.1) is 5.92 Å². The van der Waals surface area contributed by atoms with E-state index in [0.29, 0.717) is 13.1 Å². The Kier molecular flexibility index (Phi) is 3.31. The molecule has 4 nitrogen and oxygen atoms in total. The van der Waals surface area contributed by atoms with Gasteiger partial charge in [-0.05, 0) is 0 Å². The van der Waals surface area contributed by atoms with E-state index in [1.807, 2.05) is 36.5 Å². The maximum Gasteiger partial charge on any atom is 0.309 e. The average Bonchev–Trinajstić information content (AvgIpc) is 2.82. The molecule has 1 N–H and O–H groups in total. The van der Waals surface area contributed by atoms with Crippen LogP contribution in [0.25, 0.3) is 10.6 Å². The zero-order valence-electron chi connectivity index (χ0n) is 10.3. The van der Waals surface area contributed by atoms with Crippen LogP contribution in [0.3, 0.4) is 0 Å². The molecule has 2 heterocycles. The van der Waals surface area contributed by atoms with Gasteiger partial charge in [0.25, 0.3) is 0 Å². The molecule has 0 aliphatic carbocycles. The molecule has 1 aromatic heterocycles. The number of hydrogen-bond donors (Lipinski definition) is 1. The molecule has 19 heavy (non-hydrogen) atoms. The average molecular weight is 274 g/mol. The number of rotatable bonds is 4. The summed E-state index contributed by atoms with van der Waals surface area (Å²) in [5, 5.41) is 9.85. The molecule has 1 aliphatic heterocycles. The van der Waals surface area contributed by atoms with Crippen LogP contribution in [-0.2, 0) is 11.3 Å². The van der Waals surface area contributed by atoms with Gasteiger partial charge in [-0.1, -0.05) is 30.3 Å². The van der Waals surface area contributed by atoms with Gasteiger partial charge in [-0.2, -0.15) is 0 Å². The number of hydrogen-bond acceptors (Lipinski definition) is 4. The van der Waals surface area contributed by atoms with Gasteiger partial charge in [0, 0.05) is 36.3 Å². The minimum Gasteiger partial charge on any atom is -0.481 e. The van der Waals surface area contributed by atoms with Crippen LogP contribution in [0, 0.1) is 5.92 Å². The highest BCUT2D eigenvalue weighted by molar-refractivity contribution is 7.15. The molecule has 0 radical (unpaired) electrons. The van der Waals surface area contributed by atoms with E-state index < -0.39 is 5.97 Å². The van der Waals surface area contributed by atoms with Crippen LogP contribution in [-0.4, -0.2) is 34.0 Å². The first-order chi connectivity index (χ1) is 9.22. The number of aliphatic carboxylic acids is 1. The van der Waals surface area contributed by atoms with Crippen LogP contribution in [0.2, 0.25) is 0 Å². The van der Waals surface area contributed by atoms with E-state index in [-0.39, 0.29) is 5.92 Å². The summed E-state index contributed by atoms with van der Waals surface area (Å²) < 4.78 is 0. The Balaban J connectivity index is 1.62. The minimum absolute atomic E-state index is 0.193. The van der Waals surface area contributed by atoms with E-state index in [1.165, 1.54) is 4.88 Å². The molecule has 1 fully saturated rings. The van der Waals surface area contributed by atoms with Crippen molar-refractivity contribution in [3.05, 3.63) is 41.4 Å². The SMILES string of the molecule is O=C(O)C1CN(Cc2cnc(-c3ccccc3)s2)C1. The van der Waals surface area contributed by atoms with Crippen LogP contribution >= 0.6 is 11.3 Å². The van der Waals surface area contributed by atoms with Gasteiger partial charge in [-0.3, -0.25) is 9.69 Å². The van der Waals surface area contributed by atoms with E-state index in [2.05, 4.69) is 9.88 Å². The number of carboxylic acid groups (broad SMARTS) is 1. The highest BCUT2D eigenvalue weighted by Gasteiger charge is 2.32. The molecule has 0 saturated carbocycles. The van der Waals surface area contributed by atoms with Gasteiger partial charge >= 0.3 is 5.97 Å². The summed E-state index contributed by atoms with van der Waals surface area (Å²) in [6.45, 7) is 2.09. The molecule has 1 aliphatic rings. The first-order valence-corrected chi connectivity index (χ1v) is 6.99. The molecule has 98 valence electrons. The maximum absolute atomic E-state index is 10.7. The van der Waals surface area contributed by atoms with Crippen molar-refractivity contribution in [1.29, 1.82) is 0 Å². The monoisotopic (exact) mass is 274 g/mol.